The van der Waals surface area contributed by atoms with Crippen LogP contribution in [-0.4, -0.2) is 26.9 Å². The van der Waals surface area contributed by atoms with Crippen molar-refractivity contribution in [1.29, 1.82) is 0 Å². The van der Waals surface area contributed by atoms with E-state index in [1.54, 1.807) is 23.1 Å². The van der Waals surface area contributed by atoms with Crippen molar-refractivity contribution >= 4 is 21.6 Å². The molecule has 1 heterocycles. The number of nitrogens with zero attached hydrogens (tertiary/aromatic N) is 1. The predicted octanol–water partition coefficient (Wildman–Crippen LogP) is 2.39. The topological polar surface area (TPSA) is 66.5 Å². The van der Waals surface area contributed by atoms with Crippen LogP contribution in [0, 0.1) is 13.8 Å². The average molecular weight is 344 g/mol. The lowest BCUT2D eigenvalue weighted by molar-refractivity contribution is -0.118. The fraction of sp³-hybridized carbons (Fsp3) is 0.278. The average Bonchev–Trinajstić information content (AvgIpc) is 2.91. The zero-order valence-corrected chi connectivity index (χ0v) is 14.5. The molecule has 1 aliphatic heterocycles. The van der Waals surface area contributed by atoms with Crippen LogP contribution in [0.5, 0.6) is 0 Å². The quantitative estimate of drug-likeness (QED) is 0.926. The second kappa shape index (κ2) is 6.37. The van der Waals surface area contributed by atoms with Crippen LogP contribution in [0.3, 0.4) is 0 Å². The van der Waals surface area contributed by atoms with E-state index in [0.717, 1.165) is 16.8 Å². The van der Waals surface area contributed by atoms with Crippen LogP contribution in [0.15, 0.2) is 53.4 Å². The van der Waals surface area contributed by atoms with Gasteiger partial charge in [0.05, 0.1) is 4.90 Å². The SMILES string of the molecule is Cc1ccc(N2CC[C@@H](NS(=O)(=O)c3ccccc3)C2=O)cc1C. The van der Waals surface area contributed by atoms with Gasteiger partial charge >= 0.3 is 0 Å². The number of aryl methyl sites for hydroxylation is 2. The summed E-state index contributed by atoms with van der Waals surface area (Å²) < 4.78 is 27.3. The van der Waals surface area contributed by atoms with Gasteiger partial charge in [0.2, 0.25) is 15.9 Å². The van der Waals surface area contributed by atoms with E-state index >= 15 is 0 Å². The van der Waals surface area contributed by atoms with Crippen molar-refractivity contribution in [2.75, 3.05) is 11.4 Å². The third-order valence-electron chi connectivity index (χ3n) is 4.36. The fourth-order valence-corrected chi connectivity index (χ4v) is 4.04. The number of carbonyl (C=O) groups is 1. The molecule has 1 aliphatic rings. The van der Waals surface area contributed by atoms with E-state index in [2.05, 4.69) is 4.72 Å². The first kappa shape index (κ1) is 16.7. The number of carbonyl (C=O) groups excluding carboxylic acids is 1. The highest BCUT2D eigenvalue weighted by Gasteiger charge is 2.35. The van der Waals surface area contributed by atoms with E-state index in [4.69, 9.17) is 0 Å². The van der Waals surface area contributed by atoms with Crippen LogP contribution in [0.4, 0.5) is 5.69 Å². The van der Waals surface area contributed by atoms with Gasteiger partial charge in [-0.15, -0.1) is 0 Å². The summed E-state index contributed by atoms with van der Waals surface area (Å²) in [4.78, 5) is 14.4. The molecule has 126 valence electrons. The number of amides is 1. The summed E-state index contributed by atoms with van der Waals surface area (Å²) >= 11 is 0. The maximum Gasteiger partial charge on any atom is 0.245 e. The second-order valence-electron chi connectivity index (χ2n) is 6.03. The summed E-state index contributed by atoms with van der Waals surface area (Å²) in [6, 6.07) is 13.2. The maximum atomic E-state index is 12.6. The summed E-state index contributed by atoms with van der Waals surface area (Å²) in [5, 5.41) is 0. The number of rotatable bonds is 4. The van der Waals surface area contributed by atoms with Gasteiger partial charge in [0.1, 0.15) is 6.04 Å². The molecule has 0 spiro atoms. The number of anilines is 1. The van der Waals surface area contributed by atoms with Gasteiger partial charge in [0.25, 0.3) is 0 Å². The van der Waals surface area contributed by atoms with Gasteiger partial charge in [-0.2, -0.15) is 4.72 Å². The molecule has 6 heteroatoms. The normalized spacial score (nSPS) is 18.2. The van der Waals surface area contributed by atoms with Crippen molar-refractivity contribution < 1.29 is 13.2 Å². The zero-order valence-electron chi connectivity index (χ0n) is 13.7. The van der Waals surface area contributed by atoms with Crippen molar-refractivity contribution in [3.8, 4) is 0 Å². The number of hydrogen-bond donors (Lipinski definition) is 1. The van der Waals surface area contributed by atoms with Crippen molar-refractivity contribution in [1.82, 2.24) is 4.72 Å². The molecule has 1 amide bonds. The van der Waals surface area contributed by atoms with Crippen molar-refractivity contribution in [3.63, 3.8) is 0 Å². The molecule has 2 aromatic carbocycles. The first-order valence-electron chi connectivity index (χ1n) is 7.84. The lowest BCUT2D eigenvalue weighted by Crippen LogP contribution is -2.41. The van der Waals surface area contributed by atoms with E-state index in [1.165, 1.54) is 12.1 Å². The largest absolute Gasteiger partial charge is 0.311 e. The lowest BCUT2D eigenvalue weighted by Gasteiger charge is -2.18. The standard InChI is InChI=1S/C18H20N2O3S/c1-13-8-9-15(12-14(13)2)20-11-10-17(18(20)21)19-24(22,23)16-6-4-3-5-7-16/h3-9,12,17,19H,10-11H2,1-2H3/t17-/m1/s1. The van der Waals surface area contributed by atoms with E-state index in [1.807, 2.05) is 32.0 Å². The van der Waals surface area contributed by atoms with Crippen molar-refractivity contribution in [2.45, 2.75) is 31.2 Å². The molecule has 0 aromatic heterocycles. The molecule has 0 aliphatic carbocycles. The third kappa shape index (κ3) is 3.20. The Hall–Kier alpha value is -2.18. The second-order valence-corrected chi connectivity index (χ2v) is 7.75. The van der Waals surface area contributed by atoms with Crippen LogP contribution < -0.4 is 9.62 Å². The Morgan fingerprint density at radius 2 is 1.75 bits per heavy atom. The van der Waals surface area contributed by atoms with Crippen LogP contribution >= 0.6 is 0 Å². The van der Waals surface area contributed by atoms with E-state index in [0.29, 0.717) is 13.0 Å². The minimum absolute atomic E-state index is 0.169. The summed E-state index contributed by atoms with van der Waals surface area (Å²) in [6.07, 6.45) is 0.456. The number of sulfonamides is 1. The molecule has 0 unspecified atom stereocenters. The Labute approximate surface area is 142 Å². The van der Waals surface area contributed by atoms with Gasteiger partial charge < -0.3 is 4.90 Å². The number of hydrogen-bond acceptors (Lipinski definition) is 3. The fourth-order valence-electron chi connectivity index (χ4n) is 2.79. The molecule has 1 saturated heterocycles. The Kier molecular flexibility index (Phi) is 4.43. The van der Waals surface area contributed by atoms with Crippen molar-refractivity contribution in [3.05, 3.63) is 59.7 Å². The van der Waals surface area contributed by atoms with Gasteiger partial charge in [0.15, 0.2) is 0 Å². The molecule has 1 atom stereocenters. The smallest absolute Gasteiger partial charge is 0.245 e. The number of benzene rings is 2. The number of nitrogens with one attached hydrogen (secondary N) is 1. The molecule has 0 radical (unpaired) electrons. The van der Waals surface area contributed by atoms with E-state index < -0.39 is 16.1 Å². The van der Waals surface area contributed by atoms with E-state index in [-0.39, 0.29) is 10.8 Å². The van der Waals surface area contributed by atoms with Gasteiger partial charge in [-0.25, -0.2) is 8.42 Å². The highest BCUT2D eigenvalue weighted by Crippen LogP contribution is 2.24. The third-order valence-corrected chi connectivity index (χ3v) is 5.85. The molecule has 1 fully saturated rings. The molecule has 0 bridgehead atoms. The van der Waals surface area contributed by atoms with Gasteiger partial charge in [-0.1, -0.05) is 24.3 Å². The predicted molar refractivity (Wildman–Crippen MR) is 93.4 cm³/mol. The Morgan fingerprint density at radius 1 is 1.04 bits per heavy atom. The van der Waals surface area contributed by atoms with Crippen LogP contribution in [0.1, 0.15) is 17.5 Å². The van der Waals surface area contributed by atoms with Crippen LogP contribution in [0.25, 0.3) is 0 Å². The first-order chi connectivity index (χ1) is 11.4. The first-order valence-corrected chi connectivity index (χ1v) is 9.33. The highest BCUT2D eigenvalue weighted by atomic mass is 32.2. The molecule has 3 rings (SSSR count). The molecular weight excluding hydrogens is 324 g/mol. The maximum absolute atomic E-state index is 12.6. The molecule has 5 nitrogen and oxygen atoms in total. The van der Waals surface area contributed by atoms with Gasteiger partial charge in [-0.3, -0.25) is 4.79 Å². The molecule has 24 heavy (non-hydrogen) atoms. The Morgan fingerprint density at radius 3 is 2.42 bits per heavy atom. The minimum atomic E-state index is -3.69. The summed E-state index contributed by atoms with van der Waals surface area (Å²) in [5.41, 5.74) is 3.07. The van der Waals surface area contributed by atoms with E-state index in [9.17, 15) is 13.2 Å². The monoisotopic (exact) mass is 344 g/mol. The van der Waals surface area contributed by atoms with Gasteiger partial charge in [-0.05, 0) is 55.7 Å². The lowest BCUT2D eigenvalue weighted by atomic mass is 10.1. The van der Waals surface area contributed by atoms with Crippen LogP contribution in [-0.2, 0) is 14.8 Å². The Balaban J connectivity index is 1.78. The molecule has 0 saturated carbocycles. The molecular formula is C18H20N2O3S. The molecule has 2 aromatic rings. The minimum Gasteiger partial charge on any atom is -0.311 e. The summed E-state index contributed by atoms with van der Waals surface area (Å²) in [7, 11) is -3.69. The molecule has 1 N–H and O–H groups in total. The van der Waals surface area contributed by atoms with Crippen molar-refractivity contribution in [2.24, 2.45) is 0 Å². The summed E-state index contributed by atoms with van der Waals surface area (Å²) in [5.74, 6) is -0.210. The zero-order chi connectivity index (χ0) is 17.3. The Bertz CT molecular complexity index is 863. The van der Waals surface area contributed by atoms with Gasteiger partial charge in [0, 0.05) is 12.2 Å². The van der Waals surface area contributed by atoms with Crippen LogP contribution in [0.2, 0.25) is 0 Å². The highest BCUT2D eigenvalue weighted by molar-refractivity contribution is 7.89. The summed E-state index contributed by atoms with van der Waals surface area (Å²) in [6.45, 7) is 4.51.